The average molecular weight is 338 g/mol. The van der Waals surface area contributed by atoms with Gasteiger partial charge in [-0.25, -0.2) is 0 Å². The third-order valence-electron chi connectivity index (χ3n) is 3.63. The Morgan fingerprint density at radius 3 is 2.61 bits per heavy atom. The van der Waals surface area contributed by atoms with Gasteiger partial charge in [-0.3, -0.25) is 14.5 Å². The predicted molar refractivity (Wildman–Crippen MR) is 82.0 cm³/mol. The highest BCUT2D eigenvalue weighted by Crippen LogP contribution is 2.38. The molecule has 2 rings (SSSR count). The van der Waals surface area contributed by atoms with E-state index in [2.05, 4.69) is 5.16 Å². The maximum atomic E-state index is 12.4. The number of carboxylic acid groups (broad SMARTS) is 1. The van der Waals surface area contributed by atoms with Gasteiger partial charge in [0.05, 0.1) is 12.5 Å². The third kappa shape index (κ3) is 2.82. The van der Waals surface area contributed by atoms with Crippen molar-refractivity contribution < 1.29 is 19.2 Å². The maximum absolute atomic E-state index is 12.4. The molecular formula is C15H16ClN3O4. The molecule has 1 unspecified atom stereocenters. The van der Waals surface area contributed by atoms with Crippen molar-refractivity contribution in [1.82, 2.24) is 5.16 Å². The fourth-order valence-electron chi connectivity index (χ4n) is 2.47. The van der Waals surface area contributed by atoms with Crippen molar-refractivity contribution in [1.29, 1.82) is 5.26 Å². The number of hydrogen-bond donors (Lipinski definition) is 1. The van der Waals surface area contributed by atoms with Crippen molar-refractivity contribution in [2.24, 2.45) is 0 Å². The molecule has 0 aliphatic carbocycles. The molecule has 122 valence electrons. The number of hydrogen-bond acceptors (Lipinski definition) is 5. The molecule has 0 bridgehead atoms. The summed E-state index contributed by atoms with van der Waals surface area (Å²) in [6.45, 7) is 7.12. The Morgan fingerprint density at radius 2 is 2.13 bits per heavy atom. The maximum Gasteiger partial charge on any atom is 0.305 e. The van der Waals surface area contributed by atoms with Gasteiger partial charge in [0.2, 0.25) is 0 Å². The van der Waals surface area contributed by atoms with E-state index in [0.29, 0.717) is 11.3 Å². The van der Waals surface area contributed by atoms with E-state index < -0.39 is 23.3 Å². The van der Waals surface area contributed by atoms with Crippen LogP contribution in [0.4, 0.5) is 5.82 Å². The average Bonchev–Trinajstić information content (AvgIpc) is 2.94. The van der Waals surface area contributed by atoms with Crippen molar-refractivity contribution in [2.45, 2.75) is 45.6 Å². The van der Waals surface area contributed by atoms with E-state index in [0.717, 1.165) is 4.90 Å². The van der Waals surface area contributed by atoms with E-state index in [-0.39, 0.29) is 22.8 Å². The SMILES string of the molecule is CC1=C(Cl)C(=O)N(c2noc(C(C)(C)C)c2C#N)C1CC(=O)O. The van der Waals surface area contributed by atoms with Crippen molar-refractivity contribution >= 4 is 29.3 Å². The summed E-state index contributed by atoms with van der Waals surface area (Å²) in [7, 11) is 0. The van der Waals surface area contributed by atoms with E-state index in [1.807, 2.05) is 26.8 Å². The highest BCUT2D eigenvalue weighted by atomic mass is 35.5. The van der Waals surface area contributed by atoms with Gasteiger partial charge in [-0.1, -0.05) is 37.5 Å². The zero-order chi connectivity index (χ0) is 17.5. The lowest BCUT2D eigenvalue weighted by molar-refractivity contribution is -0.137. The van der Waals surface area contributed by atoms with Gasteiger partial charge in [0.1, 0.15) is 16.7 Å². The van der Waals surface area contributed by atoms with Crippen LogP contribution < -0.4 is 4.90 Å². The summed E-state index contributed by atoms with van der Waals surface area (Å²) in [5.41, 5.74) is 0.0527. The second-order valence-corrected chi connectivity index (χ2v) is 6.74. The standard InChI is InChI=1S/C15H16ClN3O4/c1-7-9(5-10(20)21)19(14(22)11(7)16)13-8(6-17)12(23-18-13)15(2,3)4/h9H,5H2,1-4H3,(H,20,21). The monoisotopic (exact) mass is 337 g/mol. The molecule has 1 N–H and O–H groups in total. The van der Waals surface area contributed by atoms with Crippen LogP contribution in [0.3, 0.4) is 0 Å². The van der Waals surface area contributed by atoms with Crippen LogP contribution >= 0.6 is 11.6 Å². The molecule has 8 heteroatoms. The van der Waals surface area contributed by atoms with Crippen molar-refractivity contribution in [3.05, 3.63) is 21.9 Å². The van der Waals surface area contributed by atoms with Crippen LogP contribution in [0.5, 0.6) is 0 Å². The molecule has 1 aromatic heterocycles. The minimum Gasteiger partial charge on any atom is -0.481 e. The van der Waals surface area contributed by atoms with Gasteiger partial charge in [0.15, 0.2) is 11.6 Å². The molecule has 1 aliphatic heterocycles. The lowest BCUT2D eigenvalue weighted by atomic mass is 9.90. The largest absolute Gasteiger partial charge is 0.481 e. The summed E-state index contributed by atoms with van der Waals surface area (Å²) >= 11 is 5.98. The highest BCUT2D eigenvalue weighted by molar-refractivity contribution is 6.45. The van der Waals surface area contributed by atoms with E-state index in [1.54, 1.807) is 6.92 Å². The summed E-state index contributed by atoms with van der Waals surface area (Å²) in [6, 6.07) is 1.20. The first-order valence-corrected chi connectivity index (χ1v) is 7.29. The smallest absolute Gasteiger partial charge is 0.305 e. The van der Waals surface area contributed by atoms with Crippen LogP contribution in [0.25, 0.3) is 0 Å². The molecule has 0 saturated heterocycles. The molecular weight excluding hydrogens is 322 g/mol. The van der Waals surface area contributed by atoms with E-state index >= 15 is 0 Å². The number of carbonyl (C=O) groups is 2. The molecule has 23 heavy (non-hydrogen) atoms. The minimum atomic E-state index is -1.09. The van der Waals surface area contributed by atoms with Gasteiger partial charge < -0.3 is 9.63 Å². The number of nitriles is 1. The van der Waals surface area contributed by atoms with Crippen LogP contribution in [0.2, 0.25) is 0 Å². The number of carboxylic acids is 1. The molecule has 0 saturated carbocycles. The fraction of sp³-hybridized carbons (Fsp3) is 0.467. The summed E-state index contributed by atoms with van der Waals surface area (Å²) in [6.07, 6.45) is -0.337. The summed E-state index contributed by atoms with van der Waals surface area (Å²) in [5.74, 6) is -1.33. The molecule has 0 spiro atoms. The molecule has 1 aromatic rings. The van der Waals surface area contributed by atoms with Gasteiger partial charge in [0, 0.05) is 5.41 Å². The van der Waals surface area contributed by atoms with Crippen molar-refractivity contribution in [3.63, 3.8) is 0 Å². The summed E-state index contributed by atoms with van der Waals surface area (Å²) in [4.78, 5) is 24.6. The number of carbonyl (C=O) groups excluding carboxylic acids is 1. The molecule has 0 aromatic carbocycles. The normalized spacial score (nSPS) is 18.5. The number of amides is 1. The van der Waals surface area contributed by atoms with Gasteiger partial charge in [-0.2, -0.15) is 5.26 Å². The number of rotatable bonds is 3. The molecule has 1 amide bonds. The molecule has 0 fully saturated rings. The minimum absolute atomic E-state index is 0.00340. The first-order valence-electron chi connectivity index (χ1n) is 6.91. The second-order valence-electron chi connectivity index (χ2n) is 6.36. The number of aromatic nitrogens is 1. The van der Waals surface area contributed by atoms with Gasteiger partial charge >= 0.3 is 5.97 Å². The predicted octanol–water partition coefficient (Wildman–Crippen LogP) is 2.55. The van der Waals surface area contributed by atoms with Crippen LogP contribution in [-0.2, 0) is 15.0 Å². The van der Waals surface area contributed by atoms with Crippen LogP contribution in [0.1, 0.15) is 45.4 Å². The Bertz CT molecular complexity index is 752. The second kappa shape index (κ2) is 5.70. The molecule has 1 atom stereocenters. The third-order valence-corrected chi connectivity index (χ3v) is 4.09. The van der Waals surface area contributed by atoms with E-state index in [9.17, 15) is 14.9 Å². The number of aliphatic carboxylic acids is 1. The Morgan fingerprint density at radius 1 is 1.52 bits per heavy atom. The molecule has 2 heterocycles. The van der Waals surface area contributed by atoms with Crippen molar-refractivity contribution in [2.75, 3.05) is 4.90 Å². The lowest BCUT2D eigenvalue weighted by Gasteiger charge is -2.22. The first-order chi connectivity index (χ1) is 10.6. The highest BCUT2D eigenvalue weighted by Gasteiger charge is 2.42. The van der Waals surface area contributed by atoms with Gasteiger partial charge in [0.25, 0.3) is 5.91 Å². The Labute approximate surface area is 138 Å². The van der Waals surface area contributed by atoms with Crippen LogP contribution in [-0.4, -0.2) is 28.2 Å². The Kier molecular flexibility index (Phi) is 4.22. The number of halogens is 1. The van der Waals surface area contributed by atoms with Gasteiger partial charge in [-0.05, 0) is 12.5 Å². The lowest BCUT2D eigenvalue weighted by Crippen LogP contribution is -2.37. The van der Waals surface area contributed by atoms with Crippen molar-refractivity contribution in [3.8, 4) is 6.07 Å². The fourth-order valence-corrected chi connectivity index (χ4v) is 2.69. The number of anilines is 1. The van der Waals surface area contributed by atoms with Crippen LogP contribution in [0.15, 0.2) is 15.1 Å². The zero-order valence-electron chi connectivity index (χ0n) is 13.2. The zero-order valence-corrected chi connectivity index (χ0v) is 13.9. The summed E-state index contributed by atoms with van der Waals surface area (Å²) < 4.78 is 5.26. The Balaban J connectivity index is 2.57. The first kappa shape index (κ1) is 17.0. The topological polar surface area (TPSA) is 107 Å². The van der Waals surface area contributed by atoms with Crippen LogP contribution in [0, 0.1) is 11.3 Å². The molecule has 1 aliphatic rings. The van der Waals surface area contributed by atoms with Gasteiger partial charge in [-0.15, -0.1) is 0 Å². The van der Waals surface area contributed by atoms with E-state index in [1.165, 1.54) is 0 Å². The molecule has 0 radical (unpaired) electrons. The summed E-state index contributed by atoms with van der Waals surface area (Å²) in [5, 5.41) is 22.3. The quantitative estimate of drug-likeness (QED) is 0.908. The number of nitrogens with zero attached hydrogens (tertiary/aromatic N) is 3. The molecule has 7 nitrogen and oxygen atoms in total. The van der Waals surface area contributed by atoms with E-state index in [4.69, 9.17) is 21.2 Å². The Hall–Kier alpha value is -2.33.